The molecule has 1 saturated carbocycles. The number of carboxylic acid groups (broad SMARTS) is 1. The van der Waals surface area contributed by atoms with Gasteiger partial charge in [0.15, 0.2) is 0 Å². The number of carbonyl (C=O) groups is 1. The molecule has 0 radical (unpaired) electrons. The van der Waals surface area contributed by atoms with Crippen molar-refractivity contribution in [1.29, 1.82) is 0 Å². The summed E-state index contributed by atoms with van der Waals surface area (Å²) in [4.78, 5) is 24.7. The van der Waals surface area contributed by atoms with Gasteiger partial charge in [-0.25, -0.2) is 4.79 Å². The molecule has 3 aromatic rings. The van der Waals surface area contributed by atoms with Gasteiger partial charge in [0.25, 0.3) is 0 Å². The Bertz CT molecular complexity index is 1260. The highest BCUT2D eigenvalue weighted by atomic mass is 16.5. The molecule has 176 valence electrons. The van der Waals surface area contributed by atoms with Crippen LogP contribution in [0.5, 0.6) is 5.75 Å². The van der Waals surface area contributed by atoms with E-state index in [0.717, 1.165) is 77.2 Å². The maximum Gasteiger partial charge on any atom is 0.337 e. The first kappa shape index (κ1) is 21.3. The number of fused-ring (bicyclic) bond motifs is 3. The Balaban J connectivity index is 1.35. The van der Waals surface area contributed by atoms with E-state index in [2.05, 4.69) is 9.97 Å². The lowest BCUT2D eigenvalue weighted by Gasteiger charge is -2.23. The SMILES string of the molecule is NC1(Cc2[nH]c3c(c2C(=O)O)CCc2cnc(-c4cncc(OC5CCOCC5)c4)cc2-3)CC1. The lowest BCUT2D eigenvalue weighted by molar-refractivity contribution is 0.0254. The number of nitrogens with zero attached hydrogens (tertiary/aromatic N) is 2. The Morgan fingerprint density at radius 2 is 2.03 bits per heavy atom. The van der Waals surface area contributed by atoms with Crippen molar-refractivity contribution in [3.8, 4) is 28.3 Å². The summed E-state index contributed by atoms with van der Waals surface area (Å²) in [7, 11) is 0. The van der Waals surface area contributed by atoms with E-state index in [1.807, 2.05) is 18.3 Å². The van der Waals surface area contributed by atoms with Crippen molar-refractivity contribution in [2.45, 2.75) is 56.6 Å². The Morgan fingerprint density at radius 3 is 2.79 bits per heavy atom. The average molecular weight is 461 g/mol. The average Bonchev–Trinajstić information content (AvgIpc) is 3.44. The van der Waals surface area contributed by atoms with Crippen LogP contribution in [-0.2, 0) is 24.0 Å². The van der Waals surface area contributed by atoms with Crippen LogP contribution in [0.1, 0.15) is 52.9 Å². The summed E-state index contributed by atoms with van der Waals surface area (Å²) in [6.07, 6.45) is 11.1. The van der Waals surface area contributed by atoms with Gasteiger partial charge in [0.2, 0.25) is 0 Å². The van der Waals surface area contributed by atoms with Gasteiger partial charge in [0, 0.05) is 54.0 Å². The van der Waals surface area contributed by atoms with E-state index in [1.54, 1.807) is 12.4 Å². The molecular formula is C26H28N4O4. The number of aromatic amines is 1. The highest BCUT2D eigenvalue weighted by Gasteiger charge is 2.40. The minimum Gasteiger partial charge on any atom is -0.489 e. The van der Waals surface area contributed by atoms with Crippen LogP contribution in [0, 0.1) is 0 Å². The molecular weight excluding hydrogens is 432 g/mol. The van der Waals surface area contributed by atoms with E-state index in [4.69, 9.17) is 20.2 Å². The zero-order chi connectivity index (χ0) is 23.3. The second-order valence-electron chi connectivity index (χ2n) is 9.74. The molecule has 3 aliphatic rings. The fourth-order valence-electron chi connectivity index (χ4n) is 5.10. The summed E-state index contributed by atoms with van der Waals surface area (Å²) in [5, 5.41) is 9.97. The number of aryl methyl sites for hydroxylation is 1. The van der Waals surface area contributed by atoms with Crippen LogP contribution in [0.2, 0.25) is 0 Å². The number of aromatic carboxylic acids is 1. The molecule has 0 atom stereocenters. The van der Waals surface area contributed by atoms with Gasteiger partial charge in [-0.15, -0.1) is 0 Å². The molecule has 0 amide bonds. The Kier molecular flexibility index (Phi) is 5.15. The number of pyridine rings is 2. The van der Waals surface area contributed by atoms with E-state index in [0.29, 0.717) is 31.6 Å². The third-order valence-electron chi connectivity index (χ3n) is 7.20. The first-order chi connectivity index (χ1) is 16.5. The second kappa shape index (κ2) is 8.21. The largest absolute Gasteiger partial charge is 0.489 e. The van der Waals surface area contributed by atoms with Gasteiger partial charge in [-0.3, -0.25) is 9.97 Å². The topological polar surface area (TPSA) is 123 Å². The van der Waals surface area contributed by atoms with Crippen molar-refractivity contribution >= 4 is 5.97 Å². The number of H-pyrrole nitrogens is 1. The molecule has 0 spiro atoms. The van der Waals surface area contributed by atoms with Crippen LogP contribution >= 0.6 is 0 Å². The molecule has 6 rings (SSSR count). The second-order valence-corrected chi connectivity index (χ2v) is 9.74. The molecule has 4 N–H and O–H groups in total. The zero-order valence-electron chi connectivity index (χ0n) is 19.0. The molecule has 8 heteroatoms. The smallest absolute Gasteiger partial charge is 0.337 e. The van der Waals surface area contributed by atoms with Gasteiger partial charge in [0.05, 0.1) is 36.4 Å². The summed E-state index contributed by atoms with van der Waals surface area (Å²) < 4.78 is 11.5. The van der Waals surface area contributed by atoms with Crippen LogP contribution in [0.4, 0.5) is 0 Å². The van der Waals surface area contributed by atoms with Crippen LogP contribution in [0.15, 0.2) is 30.7 Å². The number of hydrogen-bond donors (Lipinski definition) is 3. The molecule has 0 aromatic carbocycles. The van der Waals surface area contributed by atoms with Gasteiger partial charge in [-0.05, 0) is 48.9 Å². The van der Waals surface area contributed by atoms with Crippen LogP contribution in [0.3, 0.4) is 0 Å². The highest BCUT2D eigenvalue weighted by Crippen LogP contribution is 2.41. The number of hydrogen-bond acceptors (Lipinski definition) is 6. The summed E-state index contributed by atoms with van der Waals surface area (Å²) in [6, 6.07) is 4.00. The molecule has 4 heterocycles. The van der Waals surface area contributed by atoms with Crippen LogP contribution in [-0.4, -0.2) is 50.9 Å². The van der Waals surface area contributed by atoms with Crippen molar-refractivity contribution in [3.05, 3.63) is 53.1 Å². The minimum atomic E-state index is -0.892. The standard InChI is InChI=1S/C26H28N4O4/c27-26(5-6-26)11-22-23(25(31)32)19-2-1-15-13-29-21(10-20(15)24(19)30-22)16-9-18(14-28-12-16)34-17-3-7-33-8-4-17/h9-10,12-14,17,30H,1-8,11,27H2,(H,31,32). The fourth-order valence-corrected chi connectivity index (χ4v) is 5.10. The van der Waals surface area contributed by atoms with Crippen molar-refractivity contribution in [3.63, 3.8) is 0 Å². The number of nitrogens with one attached hydrogen (secondary N) is 1. The van der Waals surface area contributed by atoms with Gasteiger partial charge in [0.1, 0.15) is 11.9 Å². The van der Waals surface area contributed by atoms with Crippen molar-refractivity contribution in [2.24, 2.45) is 5.73 Å². The Hall–Kier alpha value is -3.23. The Labute approximate surface area is 197 Å². The first-order valence-corrected chi connectivity index (χ1v) is 11.9. The van der Waals surface area contributed by atoms with E-state index >= 15 is 0 Å². The fraction of sp³-hybridized carbons (Fsp3) is 0.423. The molecule has 0 unspecified atom stereocenters. The van der Waals surface area contributed by atoms with E-state index < -0.39 is 5.97 Å². The van der Waals surface area contributed by atoms with Gasteiger partial charge < -0.3 is 25.3 Å². The molecule has 2 aliphatic carbocycles. The molecule has 0 bridgehead atoms. The number of nitrogens with two attached hydrogens (primary N) is 1. The number of rotatable bonds is 6. The third kappa shape index (κ3) is 3.97. The lowest BCUT2D eigenvalue weighted by Crippen LogP contribution is -2.25. The van der Waals surface area contributed by atoms with Crippen LogP contribution in [0.25, 0.3) is 22.5 Å². The number of aromatic nitrogens is 3. The molecule has 8 nitrogen and oxygen atoms in total. The van der Waals surface area contributed by atoms with Crippen molar-refractivity contribution in [1.82, 2.24) is 15.0 Å². The van der Waals surface area contributed by atoms with Gasteiger partial charge in [-0.2, -0.15) is 0 Å². The molecule has 1 saturated heterocycles. The molecule has 1 aliphatic heterocycles. The maximum absolute atomic E-state index is 12.2. The monoisotopic (exact) mass is 460 g/mol. The molecule has 2 fully saturated rings. The van der Waals surface area contributed by atoms with Gasteiger partial charge in [-0.1, -0.05) is 0 Å². The zero-order valence-corrected chi connectivity index (χ0v) is 19.0. The van der Waals surface area contributed by atoms with Crippen molar-refractivity contribution in [2.75, 3.05) is 13.2 Å². The summed E-state index contributed by atoms with van der Waals surface area (Å²) in [5.74, 6) is -0.172. The Morgan fingerprint density at radius 1 is 1.21 bits per heavy atom. The summed E-state index contributed by atoms with van der Waals surface area (Å²) in [6.45, 7) is 1.43. The maximum atomic E-state index is 12.2. The number of carboxylic acids is 1. The highest BCUT2D eigenvalue weighted by molar-refractivity contribution is 5.95. The quantitative estimate of drug-likeness (QED) is 0.514. The normalized spacial score (nSPS) is 18.7. The summed E-state index contributed by atoms with van der Waals surface area (Å²) >= 11 is 0. The number of ether oxygens (including phenoxy) is 2. The third-order valence-corrected chi connectivity index (χ3v) is 7.20. The minimum absolute atomic E-state index is 0.133. The first-order valence-electron chi connectivity index (χ1n) is 11.9. The predicted molar refractivity (Wildman–Crippen MR) is 126 cm³/mol. The van der Waals surface area contributed by atoms with Crippen molar-refractivity contribution < 1.29 is 19.4 Å². The lowest BCUT2D eigenvalue weighted by atomic mass is 9.88. The van der Waals surface area contributed by atoms with E-state index in [9.17, 15) is 9.90 Å². The summed E-state index contributed by atoms with van der Waals surface area (Å²) in [5.41, 5.74) is 12.7. The van der Waals surface area contributed by atoms with E-state index in [1.165, 1.54) is 0 Å². The van der Waals surface area contributed by atoms with E-state index in [-0.39, 0.29) is 11.6 Å². The van der Waals surface area contributed by atoms with Gasteiger partial charge >= 0.3 is 5.97 Å². The predicted octanol–water partition coefficient (Wildman–Crippen LogP) is 3.53. The van der Waals surface area contributed by atoms with Crippen LogP contribution < -0.4 is 10.5 Å². The molecule has 3 aromatic heterocycles. The molecule has 34 heavy (non-hydrogen) atoms.